The molecule has 1 N–H and O–H groups in total. The lowest BCUT2D eigenvalue weighted by Crippen LogP contribution is -2.34. The van der Waals surface area contributed by atoms with E-state index >= 15 is 0 Å². The molecule has 22 heavy (non-hydrogen) atoms. The SMILES string of the molecule is CC(NC(=O)CCN1C(=O)CCC1=O)c1ccc(F)c(Cl)c1. The van der Waals surface area contributed by atoms with Crippen LogP contribution in [0.2, 0.25) is 5.02 Å². The third kappa shape index (κ3) is 3.82. The molecule has 5 nitrogen and oxygen atoms in total. The average molecular weight is 327 g/mol. The van der Waals surface area contributed by atoms with Crippen molar-refractivity contribution in [1.29, 1.82) is 0 Å². The van der Waals surface area contributed by atoms with Crippen molar-refractivity contribution in [3.8, 4) is 0 Å². The summed E-state index contributed by atoms with van der Waals surface area (Å²) < 4.78 is 13.1. The van der Waals surface area contributed by atoms with E-state index in [4.69, 9.17) is 11.6 Å². The van der Waals surface area contributed by atoms with E-state index in [-0.39, 0.29) is 54.6 Å². The summed E-state index contributed by atoms with van der Waals surface area (Å²) in [7, 11) is 0. The van der Waals surface area contributed by atoms with Crippen molar-refractivity contribution in [3.05, 3.63) is 34.6 Å². The first-order valence-electron chi connectivity index (χ1n) is 6.96. The number of likely N-dealkylation sites (tertiary alicyclic amines) is 1. The molecule has 1 aromatic rings. The van der Waals surface area contributed by atoms with E-state index in [1.165, 1.54) is 12.1 Å². The van der Waals surface area contributed by atoms with Gasteiger partial charge in [0.05, 0.1) is 11.1 Å². The molecule has 0 aromatic heterocycles. The predicted octanol–water partition coefficient (Wildman–Crippen LogP) is 2.20. The minimum absolute atomic E-state index is 0.00754. The monoisotopic (exact) mass is 326 g/mol. The lowest BCUT2D eigenvalue weighted by Gasteiger charge is -2.17. The molecule has 0 radical (unpaired) electrons. The van der Waals surface area contributed by atoms with Crippen LogP contribution in [0.5, 0.6) is 0 Å². The van der Waals surface area contributed by atoms with Crippen LogP contribution in [0.15, 0.2) is 18.2 Å². The van der Waals surface area contributed by atoms with Gasteiger partial charge in [0, 0.05) is 25.8 Å². The molecule has 1 unspecified atom stereocenters. The Bertz CT molecular complexity index is 605. The lowest BCUT2D eigenvalue weighted by molar-refractivity contribution is -0.138. The molecule has 1 saturated heterocycles. The van der Waals surface area contributed by atoms with Crippen LogP contribution in [0.25, 0.3) is 0 Å². The number of carbonyl (C=O) groups is 3. The van der Waals surface area contributed by atoms with Crippen LogP contribution >= 0.6 is 11.6 Å². The zero-order chi connectivity index (χ0) is 16.3. The fourth-order valence-corrected chi connectivity index (χ4v) is 2.45. The number of halogens is 2. The van der Waals surface area contributed by atoms with Crippen molar-refractivity contribution in [3.63, 3.8) is 0 Å². The normalized spacial score (nSPS) is 16.0. The van der Waals surface area contributed by atoms with Gasteiger partial charge in [0.15, 0.2) is 0 Å². The summed E-state index contributed by atoms with van der Waals surface area (Å²) in [6.45, 7) is 1.83. The van der Waals surface area contributed by atoms with Gasteiger partial charge in [-0.05, 0) is 24.6 Å². The minimum Gasteiger partial charge on any atom is -0.350 e. The Labute approximate surface area is 132 Å². The van der Waals surface area contributed by atoms with E-state index in [1.54, 1.807) is 13.0 Å². The minimum atomic E-state index is -0.519. The van der Waals surface area contributed by atoms with Gasteiger partial charge >= 0.3 is 0 Å². The van der Waals surface area contributed by atoms with Crippen LogP contribution in [0.4, 0.5) is 4.39 Å². The highest BCUT2D eigenvalue weighted by molar-refractivity contribution is 6.30. The van der Waals surface area contributed by atoms with Crippen LogP contribution in [0, 0.1) is 5.82 Å². The van der Waals surface area contributed by atoms with Gasteiger partial charge in [-0.2, -0.15) is 0 Å². The predicted molar refractivity (Wildman–Crippen MR) is 78.5 cm³/mol. The molecule has 1 atom stereocenters. The summed E-state index contributed by atoms with van der Waals surface area (Å²) >= 11 is 5.70. The van der Waals surface area contributed by atoms with Gasteiger partial charge in [0.25, 0.3) is 0 Å². The molecular weight excluding hydrogens is 311 g/mol. The molecule has 0 aliphatic carbocycles. The molecule has 3 amide bonds. The summed E-state index contributed by atoms with van der Waals surface area (Å²) in [5.74, 6) is -1.29. The lowest BCUT2D eigenvalue weighted by atomic mass is 10.1. The Hall–Kier alpha value is -1.95. The maximum atomic E-state index is 13.1. The Morgan fingerprint density at radius 2 is 2.00 bits per heavy atom. The zero-order valence-corrected chi connectivity index (χ0v) is 12.8. The number of imide groups is 1. The Morgan fingerprint density at radius 1 is 1.36 bits per heavy atom. The zero-order valence-electron chi connectivity index (χ0n) is 12.1. The van der Waals surface area contributed by atoms with E-state index < -0.39 is 5.82 Å². The molecule has 0 bridgehead atoms. The van der Waals surface area contributed by atoms with Crippen molar-refractivity contribution in [2.75, 3.05) is 6.54 Å². The molecule has 7 heteroatoms. The Kier molecular flexibility index (Phi) is 5.13. The van der Waals surface area contributed by atoms with Gasteiger partial charge in [-0.25, -0.2) is 4.39 Å². The molecule has 118 valence electrons. The third-order valence-corrected chi connectivity index (χ3v) is 3.83. The Balaban J connectivity index is 1.87. The maximum absolute atomic E-state index is 13.1. The highest BCUT2D eigenvalue weighted by Crippen LogP contribution is 2.20. The van der Waals surface area contributed by atoms with Gasteiger partial charge in [-0.1, -0.05) is 17.7 Å². The second-order valence-electron chi connectivity index (χ2n) is 5.15. The maximum Gasteiger partial charge on any atom is 0.229 e. The molecule has 1 aliphatic rings. The number of hydrogen-bond donors (Lipinski definition) is 1. The summed E-state index contributed by atoms with van der Waals surface area (Å²) in [6, 6.07) is 3.88. The molecule has 1 aromatic carbocycles. The van der Waals surface area contributed by atoms with Gasteiger partial charge in [-0.3, -0.25) is 19.3 Å². The smallest absolute Gasteiger partial charge is 0.229 e. The molecule has 0 spiro atoms. The molecule has 0 saturated carbocycles. The highest BCUT2D eigenvalue weighted by Gasteiger charge is 2.28. The molecule has 2 rings (SSSR count). The highest BCUT2D eigenvalue weighted by atomic mass is 35.5. The number of benzene rings is 1. The number of nitrogens with zero attached hydrogens (tertiary/aromatic N) is 1. The van der Waals surface area contributed by atoms with Crippen LogP contribution in [0.1, 0.15) is 37.8 Å². The summed E-state index contributed by atoms with van der Waals surface area (Å²) in [6.07, 6.45) is 0.465. The molecule has 1 heterocycles. The van der Waals surface area contributed by atoms with E-state index in [2.05, 4.69) is 5.32 Å². The fraction of sp³-hybridized carbons (Fsp3) is 0.400. The number of nitrogens with one attached hydrogen (secondary N) is 1. The fourth-order valence-electron chi connectivity index (χ4n) is 2.26. The second-order valence-corrected chi connectivity index (χ2v) is 5.56. The van der Waals surface area contributed by atoms with Gasteiger partial charge in [0.1, 0.15) is 5.82 Å². The van der Waals surface area contributed by atoms with Crippen molar-refractivity contribution < 1.29 is 18.8 Å². The van der Waals surface area contributed by atoms with E-state index in [9.17, 15) is 18.8 Å². The first kappa shape index (κ1) is 16.4. The number of rotatable bonds is 5. The van der Waals surface area contributed by atoms with Crippen LogP contribution in [-0.2, 0) is 14.4 Å². The topological polar surface area (TPSA) is 66.5 Å². The third-order valence-electron chi connectivity index (χ3n) is 3.54. The largest absolute Gasteiger partial charge is 0.350 e. The van der Waals surface area contributed by atoms with Crippen LogP contribution in [-0.4, -0.2) is 29.2 Å². The molecular formula is C15H16ClFN2O3. The first-order valence-corrected chi connectivity index (χ1v) is 7.34. The van der Waals surface area contributed by atoms with Gasteiger partial charge < -0.3 is 5.32 Å². The van der Waals surface area contributed by atoms with Crippen molar-refractivity contribution in [2.24, 2.45) is 0 Å². The van der Waals surface area contributed by atoms with Crippen LogP contribution < -0.4 is 5.32 Å². The number of hydrogen-bond acceptors (Lipinski definition) is 3. The van der Waals surface area contributed by atoms with Crippen molar-refractivity contribution in [1.82, 2.24) is 10.2 Å². The second kappa shape index (κ2) is 6.87. The summed E-state index contributed by atoms with van der Waals surface area (Å²) in [5.41, 5.74) is 0.674. The first-order chi connectivity index (χ1) is 10.4. The quantitative estimate of drug-likeness (QED) is 0.843. The van der Waals surface area contributed by atoms with Crippen molar-refractivity contribution >= 4 is 29.3 Å². The molecule has 1 fully saturated rings. The number of amides is 3. The number of carbonyl (C=O) groups excluding carboxylic acids is 3. The van der Waals surface area contributed by atoms with Gasteiger partial charge in [-0.15, -0.1) is 0 Å². The molecule has 1 aliphatic heterocycles. The standard InChI is InChI=1S/C15H16ClFN2O3/c1-9(10-2-3-12(17)11(16)8-10)18-13(20)6-7-19-14(21)4-5-15(19)22/h2-3,8-9H,4-7H2,1H3,(H,18,20). The van der Waals surface area contributed by atoms with E-state index in [0.29, 0.717) is 5.56 Å². The summed E-state index contributed by atoms with van der Waals surface area (Å²) in [4.78, 5) is 35.9. The van der Waals surface area contributed by atoms with E-state index in [0.717, 1.165) is 4.90 Å². The summed E-state index contributed by atoms with van der Waals surface area (Å²) in [5, 5.41) is 2.72. The van der Waals surface area contributed by atoms with Crippen molar-refractivity contribution in [2.45, 2.75) is 32.2 Å². The van der Waals surface area contributed by atoms with Gasteiger partial charge in [0.2, 0.25) is 17.7 Å². The average Bonchev–Trinajstić information content (AvgIpc) is 2.78. The Morgan fingerprint density at radius 3 is 2.59 bits per heavy atom. The van der Waals surface area contributed by atoms with E-state index in [1.807, 2.05) is 0 Å². The van der Waals surface area contributed by atoms with Crippen LogP contribution in [0.3, 0.4) is 0 Å².